The number of hydrogen-bond acceptors (Lipinski definition) is 7. The highest BCUT2D eigenvalue weighted by atomic mass is 32.1. The van der Waals surface area contributed by atoms with Crippen LogP contribution < -0.4 is 17.3 Å². The van der Waals surface area contributed by atoms with E-state index in [9.17, 15) is 5.11 Å². The van der Waals surface area contributed by atoms with Gasteiger partial charge < -0.3 is 22.4 Å². The number of nitrogens with two attached hydrogens (primary N) is 3. The van der Waals surface area contributed by atoms with Gasteiger partial charge in [-0.25, -0.2) is 0 Å². The van der Waals surface area contributed by atoms with Crippen LogP contribution in [0.3, 0.4) is 0 Å². The van der Waals surface area contributed by atoms with Gasteiger partial charge >= 0.3 is 0 Å². The Kier molecular flexibility index (Phi) is 5.55. The lowest BCUT2D eigenvalue weighted by Crippen LogP contribution is -2.58. The fourth-order valence-electron chi connectivity index (χ4n) is 4.69. The number of hydrazone groups is 1. The maximum atomic E-state index is 10.2. The predicted molar refractivity (Wildman–Crippen MR) is 133 cm³/mol. The molecule has 2 aromatic rings. The summed E-state index contributed by atoms with van der Waals surface area (Å²) in [5.74, 6) is 5.51. The van der Waals surface area contributed by atoms with Crippen LogP contribution in [0.1, 0.15) is 42.7 Å². The first-order valence-corrected chi connectivity index (χ1v) is 11.3. The highest BCUT2D eigenvalue weighted by molar-refractivity contribution is 7.11. The van der Waals surface area contributed by atoms with Crippen molar-refractivity contribution in [3.05, 3.63) is 87.8 Å². The van der Waals surface area contributed by atoms with E-state index in [1.54, 1.807) is 30.6 Å². The van der Waals surface area contributed by atoms with E-state index in [2.05, 4.69) is 16.7 Å². The van der Waals surface area contributed by atoms with Crippen molar-refractivity contribution in [2.24, 2.45) is 27.4 Å². The monoisotopic (exact) mass is 447 g/mol. The van der Waals surface area contributed by atoms with Gasteiger partial charge in [0, 0.05) is 22.2 Å². The van der Waals surface area contributed by atoms with Crippen LogP contribution in [0.15, 0.2) is 81.9 Å². The number of rotatable bonds is 4. The van der Waals surface area contributed by atoms with Gasteiger partial charge in [-0.2, -0.15) is 5.10 Å². The van der Waals surface area contributed by atoms with E-state index in [0.717, 1.165) is 27.2 Å². The summed E-state index contributed by atoms with van der Waals surface area (Å²) in [6.07, 6.45) is 6.53. The summed E-state index contributed by atoms with van der Waals surface area (Å²) in [4.78, 5) is 5.70. The van der Waals surface area contributed by atoms with Gasteiger partial charge in [0.05, 0.1) is 17.0 Å². The van der Waals surface area contributed by atoms with Gasteiger partial charge in [-0.1, -0.05) is 36.9 Å². The Bertz CT molecular complexity index is 1150. The average molecular weight is 448 g/mol. The van der Waals surface area contributed by atoms with Gasteiger partial charge in [0.2, 0.25) is 0 Å². The van der Waals surface area contributed by atoms with Gasteiger partial charge in [-0.05, 0) is 67.0 Å². The average Bonchev–Trinajstić information content (AvgIpc) is 3.23. The zero-order chi connectivity index (χ0) is 23.1. The highest BCUT2D eigenvalue weighted by Crippen LogP contribution is 2.48. The summed E-state index contributed by atoms with van der Waals surface area (Å²) in [6.45, 7) is 7.73. The molecule has 1 atom stereocenters. The lowest BCUT2D eigenvalue weighted by Gasteiger charge is -2.50. The van der Waals surface area contributed by atoms with Crippen LogP contribution in [0.25, 0.3) is 5.57 Å². The Morgan fingerprint density at radius 3 is 2.41 bits per heavy atom. The first kappa shape index (κ1) is 22.4. The largest absolute Gasteiger partial charge is 0.390 e. The summed E-state index contributed by atoms with van der Waals surface area (Å²) >= 11 is 1.61. The van der Waals surface area contributed by atoms with Crippen molar-refractivity contribution < 1.29 is 5.11 Å². The molecule has 1 fully saturated rings. The third kappa shape index (κ3) is 3.89. The number of allylic oxidation sites excluding steroid dienone is 3. The summed E-state index contributed by atoms with van der Waals surface area (Å²) in [7, 11) is 0. The van der Waals surface area contributed by atoms with E-state index in [0.29, 0.717) is 24.3 Å². The Morgan fingerprint density at radius 2 is 1.84 bits per heavy atom. The molecule has 1 aromatic carbocycles. The third-order valence-electron chi connectivity index (χ3n) is 6.17. The molecule has 1 aliphatic heterocycles. The van der Waals surface area contributed by atoms with Crippen molar-refractivity contribution >= 4 is 28.8 Å². The molecular weight excluding hydrogens is 418 g/mol. The fraction of sp³-hybridized carbons (Fsp3) is 0.280. The van der Waals surface area contributed by atoms with Gasteiger partial charge in [-0.3, -0.25) is 4.99 Å². The topological polar surface area (TPSA) is 123 Å². The summed E-state index contributed by atoms with van der Waals surface area (Å²) in [5.41, 5.74) is 16.2. The van der Waals surface area contributed by atoms with E-state index < -0.39 is 16.7 Å². The quantitative estimate of drug-likeness (QED) is 0.325. The normalized spacial score (nSPS) is 31.9. The van der Waals surface area contributed by atoms with Gasteiger partial charge in [0.25, 0.3) is 0 Å². The second kappa shape index (κ2) is 7.94. The predicted octanol–water partition coefficient (Wildman–Crippen LogP) is 3.54. The van der Waals surface area contributed by atoms with E-state index in [4.69, 9.17) is 17.3 Å². The molecule has 1 aliphatic carbocycles. The molecule has 7 N–H and O–H groups in total. The van der Waals surface area contributed by atoms with Crippen molar-refractivity contribution in [3.63, 3.8) is 0 Å². The molecule has 4 rings (SSSR count). The Morgan fingerprint density at radius 1 is 1.19 bits per heavy atom. The van der Waals surface area contributed by atoms with Crippen LogP contribution in [-0.2, 0) is 11.1 Å². The minimum Gasteiger partial charge on any atom is -0.390 e. The van der Waals surface area contributed by atoms with Crippen molar-refractivity contribution in [1.29, 1.82) is 0 Å². The van der Waals surface area contributed by atoms with Gasteiger partial charge in [-0.15, -0.1) is 11.3 Å². The van der Waals surface area contributed by atoms with Crippen LogP contribution in [0, 0.1) is 0 Å². The van der Waals surface area contributed by atoms with E-state index in [1.807, 2.05) is 54.8 Å². The SMILES string of the molecule is C=C1C=NC(=C/C(C)=N\N)C(N)(c2ccc(C3(N)CC(C)(O)C3)cc2)C(c2cccs2)=C1. The van der Waals surface area contributed by atoms with Crippen LogP contribution in [0.2, 0.25) is 0 Å². The second-order valence-corrected chi connectivity index (χ2v) is 10.0. The number of nitrogens with zero attached hydrogens (tertiary/aromatic N) is 2. The molecule has 7 heteroatoms. The molecule has 0 saturated heterocycles. The number of thiophene rings is 1. The second-order valence-electron chi connectivity index (χ2n) is 9.06. The molecular formula is C25H29N5OS. The maximum absolute atomic E-state index is 10.2. The Labute approximate surface area is 192 Å². The first-order chi connectivity index (χ1) is 15.1. The van der Waals surface area contributed by atoms with Crippen molar-refractivity contribution in [3.8, 4) is 0 Å². The van der Waals surface area contributed by atoms with Crippen molar-refractivity contribution in [1.82, 2.24) is 0 Å². The van der Waals surface area contributed by atoms with Crippen LogP contribution >= 0.6 is 11.3 Å². The number of hydrogen-bond donors (Lipinski definition) is 4. The number of aliphatic imine (C=N–C) groups is 1. The molecule has 0 bridgehead atoms. The molecule has 166 valence electrons. The van der Waals surface area contributed by atoms with Crippen LogP contribution in [-0.4, -0.2) is 22.6 Å². The highest BCUT2D eigenvalue weighted by Gasteiger charge is 2.49. The molecule has 2 heterocycles. The Hall–Kier alpha value is -2.84. The molecule has 0 spiro atoms. The molecule has 0 amide bonds. The summed E-state index contributed by atoms with van der Waals surface area (Å²) < 4.78 is 0. The molecule has 2 aliphatic rings. The van der Waals surface area contributed by atoms with E-state index in [1.165, 1.54) is 0 Å². The number of aliphatic hydroxyl groups is 1. The molecule has 6 nitrogen and oxygen atoms in total. The zero-order valence-corrected chi connectivity index (χ0v) is 19.2. The van der Waals surface area contributed by atoms with Crippen LogP contribution in [0.4, 0.5) is 0 Å². The lowest BCUT2D eigenvalue weighted by atomic mass is 9.63. The molecule has 1 unspecified atom stereocenters. The molecule has 1 aromatic heterocycles. The van der Waals surface area contributed by atoms with Crippen molar-refractivity contribution in [2.45, 2.75) is 43.4 Å². The molecule has 1 saturated carbocycles. The van der Waals surface area contributed by atoms with E-state index >= 15 is 0 Å². The smallest absolute Gasteiger partial charge is 0.111 e. The molecule has 0 radical (unpaired) electrons. The lowest BCUT2D eigenvalue weighted by molar-refractivity contribution is -0.0738. The van der Waals surface area contributed by atoms with Gasteiger partial charge in [0.15, 0.2) is 0 Å². The summed E-state index contributed by atoms with van der Waals surface area (Å²) in [5, 5.41) is 16.0. The van der Waals surface area contributed by atoms with Crippen molar-refractivity contribution in [2.75, 3.05) is 0 Å². The van der Waals surface area contributed by atoms with E-state index in [-0.39, 0.29) is 0 Å². The van der Waals surface area contributed by atoms with Gasteiger partial charge in [0.1, 0.15) is 5.54 Å². The molecule has 32 heavy (non-hydrogen) atoms. The first-order valence-electron chi connectivity index (χ1n) is 10.4. The fourth-order valence-corrected chi connectivity index (χ4v) is 5.50. The van der Waals surface area contributed by atoms with Crippen LogP contribution in [0.5, 0.6) is 0 Å². The minimum atomic E-state index is -1.06. The zero-order valence-electron chi connectivity index (χ0n) is 18.4. The Balaban J connectivity index is 1.86. The third-order valence-corrected chi connectivity index (χ3v) is 7.07. The number of benzene rings is 1. The standard InChI is InChI=1S/C25H29N5OS/c1-16-11-20(21-5-4-10-32-21)25(27,22(29-13-16)12-17(2)30-28)19-8-6-18(7-9-19)24(26)14-23(3,31)15-24/h4-13,31H,1,14-15,26-28H2,2-3H3/b22-12?,30-17-. The maximum Gasteiger partial charge on any atom is 0.111 e. The minimum absolute atomic E-state index is 0.523. The summed E-state index contributed by atoms with van der Waals surface area (Å²) in [6, 6.07) is 12.0.